The zero-order chi connectivity index (χ0) is 19.2. The number of hydrogen-bond acceptors (Lipinski definition) is 5. The van der Waals surface area contributed by atoms with Gasteiger partial charge in [-0.15, -0.1) is 0 Å². The van der Waals surface area contributed by atoms with Gasteiger partial charge >= 0.3 is 6.09 Å². The first-order valence-electron chi connectivity index (χ1n) is 8.07. The monoisotopic (exact) mass is 404 g/mol. The molecule has 0 saturated carbocycles. The summed E-state index contributed by atoms with van der Waals surface area (Å²) in [5, 5.41) is 19.5. The van der Waals surface area contributed by atoms with Gasteiger partial charge in [-0.1, -0.05) is 32.4 Å². The van der Waals surface area contributed by atoms with Crippen LogP contribution in [-0.4, -0.2) is 61.1 Å². The van der Waals surface area contributed by atoms with Gasteiger partial charge in [-0.05, 0) is 23.4 Å². The summed E-state index contributed by atoms with van der Waals surface area (Å²) in [6.07, 6.45) is -2.28. The number of aromatic amines is 1. The number of aromatic nitrogens is 4. The van der Waals surface area contributed by atoms with Crippen molar-refractivity contribution in [1.29, 1.82) is 0 Å². The number of carbonyl (C=O) groups is 1. The summed E-state index contributed by atoms with van der Waals surface area (Å²) < 4.78 is 14.9. The number of H-pyrrole nitrogens is 1. The van der Waals surface area contributed by atoms with Crippen LogP contribution in [0, 0.1) is 5.41 Å². The highest BCUT2D eigenvalue weighted by molar-refractivity contribution is 6.35. The van der Waals surface area contributed by atoms with Crippen molar-refractivity contribution in [2.24, 2.45) is 5.41 Å². The Hall–Kier alpha value is -1.87. The largest absolute Gasteiger partial charge is 0.465 e. The lowest BCUT2D eigenvalue weighted by Gasteiger charge is -2.48. The molecule has 0 radical (unpaired) electrons. The molecule has 0 spiro atoms. The van der Waals surface area contributed by atoms with Gasteiger partial charge in [0.1, 0.15) is 17.4 Å². The standard InChI is InChI=1S/C15H19Cl2FN6O2/c1-15(2,3)9-8(6(18)4-5-24(9)14(25)26)19-11-7-10(16)22-23-12(7)21-13(17)20-11/h6,8-9H,4-5H2,1-3H3,(H,25,26)(H2,19,20,21,22,23)/t6-,8-,9?/m1/s1. The molecule has 1 aliphatic heterocycles. The van der Waals surface area contributed by atoms with E-state index in [-0.39, 0.29) is 29.2 Å². The lowest BCUT2D eigenvalue weighted by molar-refractivity contribution is 0.0212. The molecule has 1 saturated heterocycles. The Labute approximate surface area is 159 Å². The Balaban J connectivity index is 2.06. The zero-order valence-corrected chi connectivity index (χ0v) is 15.9. The zero-order valence-electron chi connectivity index (χ0n) is 14.4. The van der Waals surface area contributed by atoms with Crippen LogP contribution in [-0.2, 0) is 0 Å². The van der Waals surface area contributed by atoms with Crippen molar-refractivity contribution < 1.29 is 14.3 Å². The molecule has 3 N–H and O–H groups in total. The summed E-state index contributed by atoms with van der Waals surface area (Å²) >= 11 is 12.0. The maximum absolute atomic E-state index is 14.9. The molecule has 0 aromatic carbocycles. The number of nitrogens with one attached hydrogen (secondary N) is 2. The van der Waals surface area contributed by atoms with E-state index < -0.39 is 29.8 Å². The number of amides is 1. The van der Waals surface area contributed by atoms with Crippen LogP contribution >= 0.6 is 23.2 Å². The predicted molar refractivity (Wildman–Crippen MR) is 96.6 cm³/mol. The van der Waals surface area contributed by atoms with Crippen LogP contribution in [0.2, 0.25) is 10.4 Å². The van der Waals surface area contributed by atoms with E-state index in [1.165, 1.54) is 4.90 Å². The van der Waals surface area contributed by atoms with Crippen LogP contribution in [0.15, 0.2) is 0 Å². The summed E-state index contributed by atoms with van der Waals surface area (Å²) in [5.74, 6) is 0.216. The van der Waals surface area contributed by atoms with E-state index in [4.69, 9.17) is 23.2 Å². The minimum absolute atomic E-state index is 0.0612. The topological polar surface area (TPSA) is 107 Å². The van der Waals surface area contributed by atoms with Gasteiger partial charge in [0, 0.05) is 6.54 Å². The van der Waals surface area contributed by atoms with E-state index in [1.807, 2.05) is 20.8 Å². The van der Waals surface area contributed by atoms with Crippen LogP contribution in [0.1, 0.15) is 27.2 Å². The molecule has 1 unspecified atom stereocenters. The fourth-order valence-corrected chi connectivity index (χ4v) is 3.88. The lowest BCUT2D eigenvalue weighted by Crippen LogP contribution is -2.62. The third kappa shape index (κ3) is 3.37. The number of halogens is 3. The average Bonchev–Trinajstić information content (AvgIpc) is 2.88. The van der Waals surface area contributed by atoms with Crippen molar-refractivity contribution in [3.8, 4) is 0 Å². The van der Waals surface area contributed by atoms with Gasteiger partial charge in [0.2, 0.25) is 5.28 Å². The number of fused-ring (bicyclic) bond motifs is 1. The van der Waals surface area contributed by atoms with Gasteiger partial charge in [-0.25, -0.2) is 9.18 Å². The van der Waals surface area contributed by atoms with Gasteiger partial charge < -0.3 is 15.3 Å². The second-order valence-electron chi connectivity index (χ2n) is 7.34. The van der Waals surface area contributed by atoms with Gasteiger partial charge in [-0.3, -0.25) is 5.10 Å². The lowest BCUT2D eigenvalue weighted by atomic mass is 9.77. The molecule has 3 atom stereocenters. The fourth-order valence-electron chi connectivity index (χ4n) is 3.49. The first kappa shape index (κ1) is 18.9. The normalized spacial score (nSPS) is 24.1. The number of rotatable bonds is 2. The molecule has 26 heavy (non-hydrogen) atoms. The Morgan fingerprint density at radius 1 is 1.38 bits per heavy atom. The third-order valence-corrected chi connectivity index (χ3v) is 4.94. The molecule has 142 valence electrons. The van der Waals surface area contributed by atoms with E-state index in [0.29, 0.717) is 11.0 Å². The molecule has 8 nitrogen and oxygen atoms in total. The number of nitrogens with zero attached hydrogens (tertiary/aromatic N) is 4. The molecule has 3 rings (SSSR count). The van der Waals surface area contributed by atoms with E-state index in [9.17, 15) is 14.3 Å². The van der Waals surface area contributed by atoms with Crippen molar-refractivity contribution in [3.63, 3.8) is 0 Å². The molecular formula is C15H19Cl2FN6O2. The van der Waals surface area contributed by atoms with Crippen LogP contribution in [0.3, 0.4) is 0 Å². The number of carboxylic acid groups (broad SMARTS) is 1. The SMILES string of the molecule is CC(C)(C)C1[C@H](Nc2nc(Cl)nc3[nH]nc(Cl)c23)[C@H](F)CCN1C(=O)O. The smallest absolute Gasteiger partial charge is 0.407 e. The summed E-state index contributed by atoms with van der Waals surface area (Å²) in [6.45, 7) is 5.73. The highest BCUT2D eigenvalue weighted by atomic mass is 35.5. The van der Waals surface area contributed by atoms with Gasteiger partial charge in [-0.2, -0.15) is 15.1 Å². The van der Waals surface area contributed by atoms with Crippen molar-refractivity contribution in [3.05, 3.63) is 10.4 Å². The first-order chi connectivity index (χ1) is 12.1. The molecule has 0 bridgehead atoms. The van der Waals surface area contributed by atoms with Gasteiger partial charge in [0.05, 0.1) is 12.1 Å². The highest BCUT2D eigenvalue weighted by Gasteiger charge is 2.46. The van der Waals surface area contributed by atoms with E-state index in [2.05, 4.69) is 25.5 Å². The van der Waals surface area contributed by atoms with E-state index >= 15 is 0 Å². The second kappa shape index (κ2) is 6.70. The summed E-state index contributed by atoms with van der Waals surface area (Å²) in [6, 6.07) is -1.46. The van der Waals surface area contributed by atoms with Crippen LogP contribution in [0.25, 0.3) is 11.0 Å². The molecule has 0 aliphatic carbocycles. The van der Waals surface area contributed by atoms with Crippen LogP contribution in [0.5, 0.6) is 0 Å². The van der Waals surface area contributed by atoms with Gasteiger partial charge in [0.25, 0.3) is 0 Å². The van der Waals surface area contributed by atoms with Crippen LogP contribution < -0.4 is 5.32 Å². The molecule has 1 aliphatic rings. The van der Waals surface area contributed by atoms with Gasteiger partial charge in [0.15, 0.2) is 10.8 Å². The Kier molecular flexibility index (Phi) is 4.87. The summed E-state index contributed by atoms with van der Waals surface area (Å²) in [5.41, 5.74) is -0.206. The Morgan fingerprint density at radius 2 is 2.08 bits per heavy atom. The van der Waals surface area contributed by atoms with Crippen molar-refractivity contribution in [2.45, 2.75) is 45.4 Å². The number of hydrogen-bond donors (Lipinski definition) is 3. The maximum Gasteiger partial charge on any atom is 0.407 e. The average molecular weight is 405 g/mol. The third-order valence-electron chi connectivity index (χ3n) is 4.50. The number of piperidine rings is 1. The summed E-state index contributed by atoms with van der Waals surface area (Å²) in [4.78, 5) is 21.1. The molecule has 11 heteroatoms. The van der Waals surface area contributed by atoms with Crippen LogP contribution in [0.4, 0.5) is 15.0 Å². The molecule has 1 amide bonds. The molecule has 2 aromatic heterocycles. The van der Waals surface area contributed by atoms with Crippen molar-refractivity contribution >= 4 is 46.1 Å². The Bertz CT molecular complexity index is 839. The van der Waals surface area contributed by atoms with E-state index in [1.54, 1.807) is 0 Å². The minimum atomic E-state index is -1.27. The molecule has 2 aromatic rings. The molecular weight excluding hydrogens is 386 g/mol. The highest BCUT2D eigenvalue weighted by Crippen LogP contribution is 2.36. The maximum atomic E-state index is 14.9. The van der Waals surface area contributed by atoms with Crippen molar-refractivity contribution in [2.75, 3.05) is 11.9 Å². The Morgan fingerprint density at radius 3 is 2.69 bits per heavy atom. The van der Waals surface area contributed by atoms with E-state index in [0.717, 1.165) is 0 Å². The summed E-state index contributed by atoms with van der Waals surface area (Å²) in [7, 11) is 0. The first-order valence-corrected chi connectivity index (χ1v) is 8.82. The fraction of sp³-hybridized carbons (Fsp3) is 0.600. The quantitative estimate of drug-likeness (QED) is 0.660. The number of likely N-dealkylation sites (tertiary alicyclic amines) is 1. The predicted octanol–water partition coefficient (Wildman–Crippen LogP) is 3.58. The second-order valence-corrected chi connectivity index (χ2v) is 8.04. The number of alkyl halides is 1. The number of anilines is 1. The molecule has 1 fully saturated rings. The minimum Gasteiger partial charge on any atom is -0.465 e. The molecule has 3 heterocycles. The van der Waals surface area contributed by atoms with Crippen molar-refractivity contribution in [1.82, 2.24) is 25.1 Å².